The van der Waals surface area contributed by atoms with Gasteiger partial charge in [0.05, 0.1) is 34.5 Å². The molecule has 1 aliphatic rings. The fraction of sp³-hybridized carbons (Fsp3) is 0.429. The Labute approximate surface area is 165 Å². The predicted molar refractivity (Wildman–Crippen MR) is 105 cm³/mol. The van der Waals surface area contributed by atoms with E-state index >= 15 is 0 Å². The van der Waals surface area contributed by atoms with Gasteiger partial charge in [0.25, 0.3) is 0 Å². The van der Waals surface area contributed by atoms with Crippen molar-refractivity contribution in [2.75, 3.05) is 54.6 Å². The van der Waals surface area contributed by atoms with E-state index in [-0.39, 0.29) is 17.6 Å². The van der Waals surface area contributed by atoms with Gasteiger partial charge < -0.3 is 24.3 Å². The molecule has 1 heterocycles. The van der Waals surface area contributed by atoms with Crippen LogP contribution in [-0.4, -0.2) is 59.5 Å². The smallest absolute Gasteiger partial charge is 0.203 e. The van der Waals surface area contributed by atoms with Crippen LogP contribution in [0.15, 0.2) is 30.3 Å². The molecule has 0 spiro atoms. The molecule has 1 fully saturated rings. The number of benzene rings is 2. The Morgan fingerprint density at radius 3 is 1.93 bits per heavy atom. The van der Waals surface area contributed by atoms with Crippen molar-refractivity contribution in [2.45, 2.75) is 6.04 Å². The van der Waals surface area contributed by atoms with Gasteiger partial charge in [-0.15, -0.1) is 0 Å². The summed E-state index contributed by atoms with van der Waals surface area (Å²) in [5.41, 5.74) is 1.79. The van der Waals surface area contributed by atoms with Crippen LogP contribution in [0.5, 0.6) is 23.0 Å². The molecular formula is C21H27FN2O4. The number of methoxy groups -OCH3 is 4. The molecule has 0 bridgehead atoms. The van der Waals surface area contributed by atoms with Gasteiger partial charge in [-0.1, -0.05) is 6.07 Å². The number of hydrogen-bond acceptors (Lipinski definition) is 6. The number of rotatable bonds is 7. The van der Waals surface area contributed by atoms with E-state index in [0.717, 1.165) is 37.3 Å². The van der Waals surface area contributed by atoms with Crippen LogP contribution in [0.2, 0.25) is 0 Å². The highest BCUT2D eigenvalue weighted by Gasteiger charge is 2.27. The Morgan fingerprint density at radius 2 is 1.43 bits per heavy atom. The number of halogens is 1. The number of nitrogens with one attached hydrogen (secondary N) is 1. The van der Waals surface area contributed by atoms with E-state index in [1.807, 2.05) is 18.2 Å². The molecule has 3 rings (SSSR count). The van der Waals surface area contributed by atoms with Gasteiger partial charge in [0.1, 0.15) is 0 Å². The molecule has 2 aromatic rings. The molecule has 1 aliphatic heterocycles. The van der Waals surface area contributed by atoms with Crippen LogP contribution in [-0.2, 0) is 0 Å². The lowest BCUT2D eigenvalue weighted by atomic mass is 9.95. The second-order valence-electron chi connectivity index (χ2n) is 6.54. The van der Waals surface area contributed by atoms with Crippen molar-refractivity contribution in [1.29, 1.82) is 0 Å². The third kappa shape index (κ3) is 4.00. The maximum Gasteiger partial charge on any atom is 0.203 e. The molecule has 28 heavy (non-hydrogen) atoms. The van der Waals surface area contributed by atoms with Gasteiger partial charge in [-0.25, -0.2) is 4.39 Å². The maximum atomic E-state index is 14.5. The van der Waals surface area contributed by atoms with Crippen LogP contribution in [0, 0.1) is 5.82 Å². The average Bonchev–Trinajstić information content (AvgIpc) is 2.74. The minimum atomic E-state index is -0.382. The van der Waals surface area contributed by atoms with Crippen molar-refractivity contribution >= 4 is 0 Å². The Balaban J connectivity index is 2.12. The Hall–Kier alpha value is -2.51. The van der Waals surface area contributed by atoms with Crippen LogP contribution in [0.1, 0.15) is 17.2 Å². The standard InChI is InChI=1S/C21H27FN2O4/c1-25-17-6-5-14(11-16(17)22)20(24-9-7-23-8-10-24)15-12-18(26-2)21(28-4)19(13-15)27-3/h5-6,11-13,20,23H,7-10H2,1-4H3. The maximum absolute atomic E-state index is 14.5. The highest BCUT2D eigenvalue weighted by Crippen LogP contribution is 2.42. The second-order valence-corrected chi connectivity index (χ2v) is 6.54. The Bertz CT molecular complexity index is 784. The first-order valence-corrected chi connectivity index (χ1v) is 9.21. The van der Waals surface area contributed by atoms with Crippen molar-refractivity contribution in [1.82, 2.24) is 10.2 Å². The van der Waals surface area contributed by atoms with E-state index in [4.69, 9.17) is 18.9 Å². The lowest BCUT2D eigenvalue weighted by molar-refractivity contribution is 0.197. The molecule has 0 aromatic heterocycles. The second kappa shape index (κ2) is 9.12. The van der Waals surface area contributed by atoms with Gasteiger partial charge in [-0.3, -0.25) is 4.90 Å². The van der Waals surface area contributed by atoms with E-state index in [1.165, 1.54) is 13.2 Å². The molecule has 0 aliphatic carbocycles. The number of ether oxygens (including phenoxy) is 4. The normalized spacial score (nSPS) is 15.8. The number of piperazine rings is 1. The summed E-state index contributed by atoms with van der Waals surface area (Å²) in [5, 5.41) is 3.36. The molecule has 1 N–H and O–H groups in total. The molecule has 1 saturated heterocycles. The zero-order valence-corrected chi connectivity index (χ0v) is 16.8. The first-order valence-electron chi connectivity index (χ1n) is 9.21. The molecule has 2 aromatic carbocycles. The molecule has 0 saturated carbocycles. The fourth-order valence-electron chi connectivity index (χ4n) is 3.67. The summed E-state index contributed by atoms with van der Waals surface area (Å²) in [7, 11) is 6.22. The Morgan fingerprint density at radius 1 is 0.821 bits per heavy atom. The zero-order valence-electron chi connectivity index (χ0n) is 16.8. The monoisotopic (exact) mass is 390 g/mol. The van der Waals surface area contributed by atoms with E-state index in [9.17, 15) is 4.39 Å². The zero-order chi connectivity index (χ0) is 20.1. The SMILES string of the molecule is COc1ccc(C(c2cc(OC)c(OC)c(OC)c2)N2CCNCC2)cc1F. The third-order valence-electron chi connectivity index (χ3n) is 5.01. The lowest BCUT2D eigenvalue weighted by Gasteiger charge is -2.36. The summed E-state index contributed by atoms with van der Waals surface area (Å²) in [5.74, 6) is 1.53. The highest BCUT2D eigenvalue weighted by atomic mass is 19.1. The first-order chi connectivity index (χ1) is 13.6. The summed E-state index contributed by atoms with van der Waals surface area (Å²) in [6.07, 6.45) is 0. The van der Waals surface area contributed by atoms with Gasteiger partial charge >= 0.3 is 0 Å². The van der Waals surface area contributed by atoms with E-state index in [1.54, 1.807) is 27.4 Å². The molecule has 1 atom stereocenters. The molecule has 0 amide bonds. The fourth-order valence-corrected chi connectivity index (χ4v) is 3.67. The van der Waals surface area contributed by atoms with Crippen molar-refractivity contribution in [3.63, 3.8) is 0 Å². The van der Waals surface area contributed by atoms with E-state index in [2.05, 4.69) is 10.2 Å². The van der Waals surface area contributed by atoms with Crippen molar-refractivity contribution in [3.8, 4) is 23.0 Å². The minimum Gasteiger partial charge on any atom is -0.494 e. The third-order valence-corrected chi connectivity index (χ3v) is 5.01. The van der Waals surface area contributed by atoms with Crippen LogP contribution < -0.4 is 24.3 Å². The van der Waals surface area contributed by atoms with Crippen LogP contribution in [0.25, 0.3) is 0 Å². The largest absolute Gasteiger partial charge is 0.494 e. The summed E-state index contributed by atoms with van der Waals surface area (Å²) in [6, 6.07) is 8.80. The molecular weight excluding hydrogens is 363 g/mol. The van der Waals surface area contributed by atoms with Crippen molar-refractivity contribution in [2.24, 2.45) is 0 Å². The molecule has 7 heteroatoms. The highest BCUT2D eigenvalue weighted by molar-refractivity contribution is 5.55. The summed E-state index contributed by atoms with van der Waals surface area (Å²) in [6.45, 7) is 3.43. The summed E-state index contributed by atoms with van der Waals surface area (Å²) >= 11 is 0. The Kier molecular flexibility index (Phi) is 6.59. The summed E-state index contributed by atoms with van der Waals surface area (Å²) < 4.78 is 36.0. The van der Waals surface area contributed by atoms with Gasteiger partial charge in [-0.2, -0.15) is 0 Å². The van der Waals surface area contributed by atoms with Gasteiger partial charge in [-0.05, 0) is 35.4 Å². The lowest BCUT2D eigenvalue weighted by Crippen LogP contribution is -2.45. The van der Waals surface area contributed by atoms with Crippen LogP contribution >= 0.6 is 0 Å². The van der Waals surface area contributed by atoms with E-state index < -0.39 is 0 Å². The van der Waals surface area contributed by atoms with Crippen molar-refractivity contribution < 1.29 is 23.3 Å². The number of nitrogens with zero attached hydrogens (tertiary/aromatic N) is 1. The predicted octanol–water partition coefficient (Wildman–Crippen LogP) is 2.85. The average molecular weight is 390 g/mol. The van der Waals surface area contributed by atoms with Gasteiger partial charge in [0, 0.05) is 26.2 Å². The van der Waals surface area contributed by atoms with E-state index in [0.29, 0.717) is 17.2 Å². The summed E-state index contributed by atoms with van der Waals surface area (Å²) in [4.78, 5) is 2.32. The van der Waals surface area contributed by atoms with Gasteiger partial charge in [0.2, 0.25) is 5.75 Å². The van der Waals surface area contributed by atoms with Gasteiger partial charge in [0.15, 0.2) is 23.1 Å². The molecule has 6 nitrogen and oxygen atoms in total. The van der Waals surface area contributed by atoms with Crippen molar-refractivity contribution in [3.05, 3.63) is 47.3 Å². The quantitative estimate of drug-likeness (QED) is 0.785. The topological polar surface area (TPSA) is 52.2 Å². The molecule has 1 unspecified atom stereocenters. The number of hydrogen-bond donors (Lipinski definition) is 1. The minimum absolute atomic E-state index is 0.156. The van der Waals surface area contributed by atoms with Crippen LogP contribution in [0.4, 0.5) is 4.39 Å². The molecule has 0 radical (unpaired) electrons. The first kappa shape index (κ1) is 20.2. The molecule has 152 valence electrons. The van der Waals surface area contributed by atoms with Crippen LogP contribution in [0.3, 0.4) is 0 Å².